The second kappa shape index (κ2) is 4.18. The highest BCUT2D eigenvalue weighted by Gasteiger charge is 2.39. The maximum atomic E-state index is 5.40. The van der Waals surface area contributed by atoms with E-state index in [-0.39, 0.29) is 0 Å². The SMILES string of the molecule is COC1=CCC2=C(CC[C@H]3[C@H]2CCP3C)C1. The zero-order valence-corrected chi connectivity index (χ0v) is 11.2. The van der Waals surface area contributed by atoms with Crippen LogP contribution in [0.1, 0.15) is 32.1 Å². The summed E-state index contributed by atoms with van der Waals surface area (Å²) in [5.74, 6) is 2.16. The molecule has 0 radical (unpaired) electrons. The summed E-state index contributed by atoms with van der Waals surface area (Å²) < 4.78 is 5.40. The van der Waals surface area contributed by atoms with E-state index in [4.69, 9.17) is 4.74 Å². The summed E-state index contributed by atoms with van der Waals surface area (Å²) in [5.41, 5.74) is 4.60. The Morgan fingerprint density at radius 3 is 3.06 bits per heavy atom. The van der Waals surface area contributed by atoms with Crippen molar-refractivity contribution >= 4 is 7.92 Å². The van der Waals surface area contributed by atoms with Crippen LogP contribution in [0.5, 0.6) is 0 Å². The monoisotopic (exact) mass is 236 g/mol. The van der Waals surface area contributed by atoms with Gasteiger partial charge in [0, 0.05) is 6.42 Å². The van der Waals surface area contributed by atoms with Crippen LogP contribution in [0.3, 0.4) is 0 Å². The zero-order valence-electron chi connectivity index (χ0n) is 10.3. The Labute approximate surface area is 99.7 Å². The van der Waals surface area contributed by atoms with Gasteiger partial charge in [0.1, 0.15) is 0 Å². The molecule has 88 valence electrons. The van der Waals surface area contributed by atoms with E-state index >= 15 is 0 Å². The molecule has 0 N–H and O–H groups in total. The van der Waals surface area contributed by atoms with Crippen molar-refractivity contribution in [3.05, 3.63) is 23.0 Å². The Balaban J connectivity index is 1.84. The van der Waals surface area contributed by atoms with Gasteiger partial charge in [-0.05, 0) is 56.2 Å². The van der Waals surface area contributed by atoms with Crippen molar-refractivity contribution in [1.29, 1.82) is 0 Å². The molecule has 2 heteroatoms. The van der Waals surface area contributed by atoms with Crippen molar-refractivity contribution in [2.75, 3.05) is 19.9 Å². The first-order chi connectivity index (χ1) is 7.79. The highest BCUT2D eigenvalue weighted by molar-refractivity contribution is 7.58. The number of hydrogen-bond acceptors (Lipinski definition) is 1. The Kier molecular flexibility index (Phi) is 2.83. The molecule has 1 unspecified atom stereocenters. The second-order valence-electron chi connectivity index (χ2n) is 5.37. The second-order valence-corrected chi connectivity index (χ2v) is 7.99. The first-order valence-corrected chi connectivity index (χ1v) is 8.48. The number of ether oxygens (including phenoxy) is 1. The Morgan fingerprint density at radius 1 is 1.38 bits per heavy atom. The lowest BCUT2D eigenvalue weighted by molar-refractivity contribution is 0.276. The normalized spacial score (nSPS) is 37.9. The summed E-state index contributed by atoms with van der Waals surface area (Å²) in [6.45, 7) is 2.52. The number of fused-ring (bicyclic) bond motifs is 2. The van der Waals surface area contributed by atoms with Crippen LogP contribution in [0.15, 0.2) is 23.0 Å². The maximum absolute atomic E-state index is 5.40. The van der Waals surface area contributed by atoms with Gasteiger partial charge >= 0.3 is 0 Å². The van der Waals surface area contributed by atoms with E-state index in [2.05, 4.69) is 12.7 Å². The van der Waals surface area contributed by atoms with Crippen LogP contribution in [-0.2, 0) is 4.74 Å². The number of hydrogen-bond donors (Lipinski definition) is 0. The summed E-state index contributed by atoms with van der Waals surface area (Å²) in [5, 5.41) is 0. The maximum Gasteiger partial charge on any atom is 0.0959 e. The average Bonchev–Trinajstić information content (AvgIpc) is 2.70. The minimum absolute atomic E-state index is 0.344. The predicted molar refractivity (Wildman–Crippen MR) is 70.2 cm³/mol. The summed E-state index contributed by atoms with van der Waals surface area (Å²) in [6, 6.07) is 0. The number of methoxy groups -OCH3 is 1. The van der Waals surface area contributed by atoms with Crippen LogP contribution in [0, 0.1) is 5.92 Å². The minimum atomic E-state index is 0.344. The third-order valence-corrected chi connectivity index (χ3v) is 7.38. The van der Waals surface area contributed by atoms with Crippen molar-refractivity contribution in [2.24, 2.45) is 5.92 Å². The molecule has 3 aliphatic rings. The fourth-order valence-electron chi connectivity index (χ4n) is 3.74. The Bertz CT molecular complexity index is 356. The molecule has 1 fully saturated rings. The van der Waals surface area contributed by atoms with Crippen LogP contribution in [0.25, 0.3) is 0 Å². The van der Waals surface area contributed by atoms with Gasteiger partial charge in [0.15, 0.2) is 0 Å². The summed E-state index contributed by atoms with van der Waals surface area (Å²) in [6.07, 6.45) is 10.4. The van der Waals surface area contributed by atoms with Crippen LogP contribution >= 0.6 is 7.92 Å². The van der Waals surface area contributed by atoms with Gasteiger partial charge in [0.25, 0.3) is 0 Å². The lowest BCUT2D eigenvalue weighted by Gasteiger charge is -2.35. The van der Waals surface area contributed by atoms with Crippen LogP contribution in [-0.4, -0.2) is 25.6 Å². The fourth-order valence-corrected chi connectivity index (χ4v) is 6.27. The van der Waals surface area contributed by atoms with E-state index in [1.807, 2.05) is 12.7 Å². The van der Waals surface area contributed by atoms with E-state index in [0.29, 0.717) is 7.92 Å². The van der Waals surface area contributed by atoms with E-state index in [0.717, 1.165) is 18.0 Å². The van der Waals surface area contributed by atoms with Gasteiger partial charge in [0.2, 0.25) is 0 Å². The van der Waals surface area contributed by atoms with E-state index < -0.39 is 0 Å². The molecule has 16 heavy (non-hydrogen) atoms. The Hall–Kier alpha value is -0.290. The summed E-state index contributed by atoms with van der Waals surface area (Å²) in [4.78, 5) is 0. The highest BCUT2D eigenvalue weighted by Crippen LogP contribution is 2.58. The molecule has 3 rings (SSSR count). The first kappa shape index (κ1) is 10.8. The molecular weight excluding hydrogens is 215 g/mol. The molecule has 0 aromatic heterocycles. The van der Waals surface area contributed by atoms with Gasteiger partial charge in [-0.1, -0.05) is 11.1 Å². The fraction of sp³-hybridized carbons (Fsp3) is 0.714. The van der Waals surface area contributed by atoms with Gasteiger partial charge in [-0.2, -0.15) is 0 Å². The molecule has 0 saturated carbocycles. The summed E-state index contributed by atoms with van der Waals surface area (Å²) in [7, 11) is 2.15. The molecule has 0 aromatic rings. The van der Waals surface area contributed by atoms with Gasteiger partial charge in [-0.3, -0.25) is 0 Å². The summed E-state index contributed by atoms with van der Waals surface area (Å²) >= 11 is 0. The van der Waals surface area contributed by atoms with Gasteiger partial charge < -0.3 is 4.74 Å². The third-order valence-electron chi connectivity index (χ3n) is 4.67. The van der Waals surface area contributed by atoms with Crippen molar-refractivity contribution in [3.63, 3.8) is 0 Å². The molecule has 0 aromatic carbocycles. The van der Waals surface area contributed by atoms with Gasteiger partial charge in [-0.25, -0.2) is 0 Å². The van der Waals surface area contributed by atoms with E-state index in [1.165, 1.54) is 37.6 Å². The lowest BCUT2D eigenvalue weighted by atomic mass is 9.76. The molecule has 1 saturated heterocycles. The van der Waals surface area contributed by atoms with Crippen molar-refractivity contribution < 1.29 is 4.74 Å². The molecular formula is C14H21OP. The molecule has 0 bridgehead atoms. The highest BCUT2D eigenvalue weighted by atomic mass is 31.1. The van der Waals surface area contributed by atoms with Gasteiger partial charge in [-0.15, -0.1) is 7.92 Å². The Morgan fingerprint density at radius 2 is 2.25 bits per heavy atom. The van der Waals surface area contributed by atoms with Crippen LogP contribution in [0.2, 0.25) is 0 Å². The molecule has 3 atom stereocenters. The smallest absolute Gasteiger partial charge is 0.0959 e. The van der Waals surface area contributed by atoms with E-state index in [1.54, 1.807) is 5.57 Å². The predicted octanol–water partition coefficient (Wildman–Crippen LogP) is 3.90. The standard InChI is InChI=1S/C14H21OP/c1-15-11-4-5-12-10(9-11)3-6-14-13(12)7-8-16(14)2/h4,13-14H,3,5-9H2,1-2H3/t13-,14-,16?/m0/s1. The van der Waals surface area contributed by atoms with Crippen LogP contribution < -0.4 is 0 Å². The van der Waals surface area contributed by atoms with Crippen molar-refractivity contribution in [3.8, 4) is 0 Å². The van der Waals surface area contributed by atoms with Crippen molar-refractivity contribution in [2.45, 2.75) is 37.8 Å². The molecule has 2 aliphatic carbocycles. The molecule has 1 aliphatic heterocycles. The average molecular weight is 236 g/mol. The first-order valence-electron chi connectivity index (χ1n) is 6.43. The number of allylic oxidation sites excluding steroid dienone is 3. The molecule has 1 nitrogen and oxygen atoms in total. The quantitative estimate of drug-likeness (QED) is 0.495. The van der Waals surface area contributed by atoms with E-state index in [9.17, 15) is 0 Å². The molecule has 0 spiro atoms. The topological polar surface area (TPSA) is 9.23 Å². The molecule has 1 heterocycles. The largest absolute Gasteiger partial charge is 0.501 e. The lowest BCUT2D eigenvalue weighted by Crippen LogP contribution is -2.23. The van der Waals surface area contributed by atoms with Crippen LogP contribution in [0.4, 0.5) is 0 Å². The minimum Gasteiger partial charge on any atom is -0.501 e. The third kappa shape index (κ3) is 1.64. The van der Waals surface area contributed by atoms with Crippen molar-refractivity contribution in [1.82, 2.24) is 0 Å². The van der Waals surface area contributed by atoms with Gasteiger partial charge in [0.05, 0.1) is 12.9 Å². The zero-order chi connectivity index (χ0) is 11.1. The molecule has 0 amide bonds. The number of rotatable bonds is 1.